The van der Waals surface area contributed by atoms with E-state index in [9.17, 15) is 4.79 Å². The maximum Gasteiger partial charge on any atom is 0.220 e. The zero-order valence-corrected chi connectivity index (χ0v) is 11.1. The fraction of sp³-hybridized carbons (Fsp3) is 0.929. The van der Waals surface area contributed by atoms with Crippen molar-refractivity contribution in [2.45, 2.75) is 56.5 Å². The molecular weight excluding hydrogens is 228 g/mol. The molecule has 18 heavy (non-hydrogen) atoms. The van der Waals surface area contributed by atoms with E-state index in [4.69, 9.17) is 4.74 Å². The van der Waals surface area contributed by atoms with Crippen molar-refractivity contribution in [1.29, 1.82) is 0 Å². The molecule has 0 bridgehead atoms. The maximum atomic E-state index is 11.6. The summed E-state index contributed by atoms with van der Waals surface area (Å²) in [6.45, 7) is 4.13. The number of ether oxygens (including phenoxy) is 1. The lowest BCUT2D eigenvalue weighted by Gasteiger charge is -2.47. The molecule has 102 valence electrons. The third-order valence-corrected chi connectivity index (χ3v) is 4.93. The second-order valence-corrected chi connectivity index (χ2v) is 6.06. The highest BCUT2D eigenvalue weighted by Gasteiger charge is 2.39. The molecule has 0 aromatic carbocycles. The molecule has 0 saturated carbocycles. The van der Waals surface area contributed by atoms with E-state index in [-0.39, 0.29) is 11.4 Å². The lowest BCUT2D eigenvalue weighted by Crippen LogP contribution is -2.58. The van der Waals surface area contributed by atoms with Crippen molar-refractivity contribution in [2.24, 2.45) is 0 Å². The monoisotopic (exact) mass is 252 g/mol. The Hall–Kier alpha value is -0.610. The highest BCUT2D eigenvalue weighted by molar-refractivity contribution is 5.77. The first-order chi connectivity index (χ1) is 8.77. The predicted octanol–water partition coefficient (Wildman–Crippen LogP) is 1.30. The van der Waals surface area contributed by atoms with Gasteiger partial charge in [0.2, 0.25) is 5.91 Å². The topological polar surface area (TPSA) is 41.6 Å². The van der Waals surface area contributed by atoms with Gasteiger partial charge in [-0.1, -0.05) is 0 Å². The first-order valence-corrected chi connectivity index (χ1v) is 7.40. The Labute approximate surface area is 109 Å². The molecule has 3 aliphatic rings. The van der Waals surface area contributed by atoms with Crippen molar-refractivity contribution >= 4 is 5.91 Å². The van der Waals surface area contributed by atoms with Crippen molar-refractivity contribution in [3.05, 3.63) is 0 Å². The Morgan fingerprint density at radius 3 is 2.56 bits per heavy atom. The average molecular weight is 252 g/mol. The zero-order chi connectivity index (χ0) is 12.4. The summed E-state index contributed by atoms with van der Waals surface area (Å²) in [5.41, 5.74) is 0.136. The molecule has 4 heteroatoms. The van der Waals surface area contributed by atoms with Gasteiger partial charge in [0.1, 0.15) is 0 Å². The fourth-order valence-corrected chi connectivity index (χ4v) is 3.75. The van der Waals surface area contributed by atoms with Gasteiger partial charge in [-0.3, -0.25) is 4.79 Å². The van der Waals surface area contributed by atoms with Gasteiger partial charge in [-0.2, -0.15) is 0 Å². The van der Waals surface area contributed by atoms with Crippen molar-refractivity contribution in [2.75, 3.05) is 26.3 Å². The molecule has 3 rings (SSSR count). The summed E-state index contributed by atoms with van der Waals surface area (Å²) in [6, 6.07) is 0.718. The van der Waals surface area contributed by atoms with Gasteiger partial charge in [-0.05, 0) is 38.5 Å². The summed E-state index contributed by atoms with van der Waals surface area (Å²) in [5, 5.41) is 3.26. The van der Waals surface area contributed by atoms with Crippen molar-refractivity contribution < 1.29 is 9.53 Å². The van der Waals surface area contributed by atoms with Gasteiger partial charge in [-0.25, -0.2) is 0 Å². The fourth-order valence-electron chi connectivity index (χ4n) is 3.75. The van der Waals surface area contributed by atoms with Crippen LogP contribution in [0.5, 0.6) is 0 Å². The number of hydrogen-bond donors (Lipinski definition) is 1. The molecule has 4 nitrogen and oxygen atoms in total. The van der Waals surface area contributed by atoms with Crippen LogP contribution in [-0.2, 0) is 9.53 Å². The lowest BCUT2D eigenvalue weighted by atomic mass is 9.79. The molecule has 3 heterocycles. The van der Waals surface area contributed by atoms with Gasteiger partial charge in [0.15, 0.2) is 0 Å². The molecule has 1 spiro atoms. The summed E-state index contributed by atoms with van der Waals surface area (Å²) in [7, 11) is 0. The number of hydrogen-bond acceptors (Lipinski definition) is 3. The van der Waals surface area contributed by atoms with Crippen LogP contribution in [0.2, 0.25) is 0 Å². The third kappa shape index (κ3) is 2.54. The second kappa shape index (κ2) is 5.17. The van der Waals surface area contributed by atoms with E-state index in [0.717, 1.165) is 58.0 Å². The number of amides is 1. The Morgan fingerprint density at radius 1 is 1.17 bits per heavy atom. The second-order valence-electron chi connectivity index (χ2n) is 6.06. The number of carbonyl (C=O) groups is 1. The summed E-state index contributed by atoms with van der Waals surface area (Å²) in [6.07, 6.45) is 7.61. The summed E-state index contributed by atoms with van der Waals surface area (Å²) in [5.74, 6) is 0.265. The van der Waals surface area contributed by atoms with Crippen LogP contribution in [0.15, 0.2) is 0 Å². The van der Waals surface area contributed by atoms with Crippen molar-refractivity contribution in [3.8, 4) is 0 Å². The molecule has 0 atom stereocenters. The van der Waals surface area contributed by atoms with E-state index in [1.165, 1.54) is 19.3 Å². The van der Waals surface area contributed by atoms with E-state index in [2.05, 4.69) is 10.2 Å². The van der Waals surface area contributed by atoms with E-state index in [0.29, 0.717) is 0 Å². The Morgan fingerprint density at radius 2 is 1.89 bits per heavy atom. The Bertz CT molecular complexity index is 305. The van der Waals surface area contributed by atoms with Crippen LogP contribution in [0.4, 0.5) is 0 Å². The SMILES string of the molecule is O=C1CCCC2(CCN(C3CCOCC3)CC2)N1. The average Bonchev–Trinajstić information content (AvgIpc) is 2.40. The molecule has 3 saturated heterocycles. The minimum absolute atomic E-state index is 0.136. The van der Waals surface area contributed by atoms with E-state index < -0.39 is 0 Å². The highest BCUT2D eigenvalue weighted by atomic mass is 16.5. The van der Waals surface area contributed by atoms with Crippen LogP contribution in [0.25, 0.3) is 0 Å². The van der Waals surface area contributed by atoms with E-state index in [1.54, 1.807) is 0 Å². The lowest BCUT2D eigenvalue weighted by molar-refractivity contribution is -0.126. The summed E-state index contributed by atoms with van der Waals surface area (Å²) < 4.78 is 5.43. The van der Waals surface area contributed by atoms with Gasteiger partial charge in [0, 0.05) is 44.3 Å². The maximum absolute atomic E-state index is 11.6. The molecule has 1 N–H and O–H groups in total. The molecule has 0 aromatic heterocycles. The van der Waals surface area contributed by atoms with Gasteiger partial charge in [-0.15, -0.1) is 0 Å². The van der Waals surface area contributed by atoms with Crippen LogP contribution >= 0.6 is 0 Å². The van der Waals surface area contributed by atoms with E-state index >= 15 is 0 Å². The van der Waals surface area contributed by atoms with Crippen molar-refractivity contribution in [1.82, 2.24) is 10.2 Å². The number of carbonyl (C=O) groups excluding carboxylic acids is 1. The largest absolute Gasteiger partial charge is 0.381 e. The third-order valence-electron chi connectivity index (χ3n) is 4.93. The van der Waals surface area contributed by atoms with Gasteiger partial charge < -0.3 is 15.0 Å². The molecule has 0 unspecified atom stereocenters. The first kappa shape index (κ1) is 12.4. The van der Waals surface area contributed by atoms with Gasteiger partial charge in [0.25, 0.3) is 0 Å². The van der Waals surface area contributed by atoms with Crippen LogP contribution in [0, 0.1) is 0 Å². The van der Waals surface area contributed by atoms with Crippen LogP contribution in [0.3, 0.4) is 0 Å². The first-order valence-electron chi connectivity index (χ1n) is 7.40. The van der Waals surface area contributed by atoms with Gasteiger partial charge in [0.05, 0.1) is 0 Å². The number of likely N-dealkylation sites (tertiary alicyclic amines) is 1. The molecule has 3 fully saturated rings. The number of nitrogens with zero attached hydrogens (tertiary/aromatic N) is 1. The summed E-state index contributed by atoms with van der Waals surface area (Å²) in [4.78, 5) is 14.2. The number of piperidine rings is 2. The smallest absolute Gasteiger partial charge is 0.220 e. The standard InChI is InChI=1S/C14H24N2O2/c17-13-2-1-5-14(15-13)6-8-16(9-7-14)12-3-10-18-11-4-12/h12H,1-11H2,(H,15,17). The Balaban J connectivity index is 1.55. The quantitative estimate of drug-likeness (QED) is 0.765. The van der Waals surface area contributed by atoms with Gasteiger partial charge >= 0.3 is 0 Å². The molecule has 0 aromatic rings. The molecule has 3 aliphatic heterocycles. The molecule has 1 amide bonds. The minimum atomic E-state index is 0.136. The van der Waals surface area contributed by atoms with Crippen molar-refractivity contribution in [3.63, 3.8) is 0 Å². The van der Waals surface area contributed by atoms with Crippen LogP contribution in [0.1, 0.15) is 44.9 Å². The molecular formula is C14H24N2O2. The van der Waals surface area contributed by atoms with E-state index in [1.807, 2.05) is 0 Å². The number of nitrogens with one attached hydrogen (secondary N) is 1. The molecule has 0 aliphatic carbocycles. The summed E-state index contributed by atoms with van der Waals surface area (Å²) >= 11 is 0. The van der Waals surface area contributed by atoms with Crippen LogP contribution < -0.4 is 5.32 Å². The molecule has 0 radical (unpaired) electrons. The minimum Gasteiger partial charge on any atom is -0.381 e. The zero-order valence-electron chi connectivity index (χ0n) is 11.1. The number of rotatable bonds is 1. The predicted molar refractivity (Wildman–Crippen MR) is 69.4 cm³/mol. The highest BCUT2D eigenvalue weighted by Crippen LogP contribution is 2.32. The Kier molecular flexibility index (Phi) is 3.57. The normalized spacial score (nSPS) is 30.3. The van der Waals surface area contributed by atoms with Crippen LogP contribution in [-0.4, -0.2) is 48.7 Å².